The molecule has 22 heavy (non-hydrogen) atoms. The van der Waals surface area contributed by atoms with Crippen molar-refractivity contribution >= 4 is 12.0 Å². The van der Waals surface area contributed by atoms with Gasteiger partial charge in [-0.05, 0) is 25.5 Å². The minimum atomic E-state index is -0.267. The molecular formula is C17H24N2O3. The first-order valence-electron chi connectivity index (χ1n) is 7.89. The average Bonchev–Trinajstić information content (AvgIpc) is 2.54. The maximum atomic E-state index is 12.4. The van der Waals surface area contributed by atoms with E-state index in [2.05, 4.69) is 6.92 Å². The molecule has 1 aliphatic rings. The van der Waals surface area contributed by atoms with E-state index in [1.807, 2.05) is 31.2 Å². The molecule has 0 aromatic heterocycles. The molecule has 1 aromatic rings. The molecule has 120 valence electrons. The van der Waals surface area contributed by atoms with Crippen LogP contribution in [0.15, 0.2) is 24.3 Å². The smallest absolute Gasteiger partial charge is 0.409 e. The third-order valence-electron chi connectivity index (χ3n) is 3.81. The third-order valence-corrected chi connectivity index (χ3v) is 3.81. The number of carbonyl (C=O) groups excluding carboxylic acids is 2. The van der Waals surface area contributed by atoms with Crippen LogP contribution in [0, 0.1) is 6.92 Å². The molecule has 0 spiro atoms. The van der Waals surface area contributed by atoms with Crippen LogP contribution in [0.4, 0.5) is 4.79 Å². The molecule has 0 bridgehead atoms. The van der Waals surface area contributed by atoms with Gasteiger partial charge in [0.2, 0.25) is 0 Å². The molecule has 5 nitrogen and oxygen atoms in total. The Morgan fingerprint density at radius 2 is 1.82 bits per heavy atom. The van der Waals surface area contributed by atoms with E-state index < -0.39 is 0 Å². The Kier molecular flexibility index (Phi) is 5.81. The fraction of sp³-hybridized carbons (Fsp3) is 0.529. The van der Waals surface area contributed by atoms with E-state index in [0.717, 1.165) is 18.4 Å². The number of hydrogen-bond acceptors (Lipinski definition) is 3. The number of nitrogens with zero attached hydrogens (tertiary/aromatic N) is 2. The van der Waals surface area contributed by atoms with Gasteiger partial charge in [-0.1, -0.05) is 31.0 Å². The van der Waals surface area contributed by atoms with Gasteiger partial charge in [0.1, 0.15) is 0 Å². The van der Waals surface area contributed by atoms with Crippen LogP contribution >= 0.6 is 0 Å². The van der Waals surface area contributed by atoms with Crippen LogP contribution in [-0.2, 0) is 4.74 Å². The van der Waals surface area contributed by atoms with Crippen LogP contribution in [0.3, 0.4) is 0 Å². The summed E-state index contributed by atoms with van der Waals surface area (Å²) in [5.74, 6) is 0.0303. The molecule has 2 rings (SSSR count). The standard InChI is InChI=1S/C17H24N2O3/c1-3-4-12-22-17(21)19-10-8-18(9-11-19)16(20)15-7-5-6-14(2)13-15/h5-7,13H,3-4,8-12H2,1-2H3. The van der Waals surface area contributed by atoms with Crippen LogP contribution in [0.1, 0.15) is 35.7 Å². The Morgan fingerprint density at radius 3 is 2.45 bits per heavy atom. The normalized spacial score (nSPS) is 14.8. The van der Waals surface area contributed by atoms with Crippen molar-refractivity contribution in [2.75, 3.05) is 32.8 Å². The van der Waals surface area contributed by atoms with Crippen LogP contribution in [0.2, 0.25) is 0 Å². The lowest BCUT2D eigenvalue weighted by Crippen LogP contribution is -2.50. The number of rotatable bonds is 4. The zero-order chi connectivity index (χ0) is 15.9. The van der Waals surface area contributed by atoms with Crippen molar-refractivity contribution in [1.29, 1.82) is 0 Å². The minimum absolute atomic E-state index is 0.0303. The van der Waals surface area contributed by atoms with Crippen molar-refractivity contribution in [2.45, 2.75) is 26.7 Å². The highest BCUT2D eigenvalue weighted by Crippen LogP contribution is 2.11. The maximum absolute atomic E-state index is 12.4. The highest BCUT2D eigenvalue weighted by atomic mass is 16.6. The molecule has 0 radical (unpaired) electrons. The Labute approximate surface area is 131 Å². The number of hydrogen-bond donors (Lipinski definition) is 0. The van der Waals surface area contributed by atoms with Gasteiger partial charge in [0.25, 0.3) is 5.91 Å². The molecule has 0 atom stereocenters. The summed E-state index contributed by atoms with van der Waals surface area (Å²) in [6.45, 7) is 6.67. The van der Waals surface area contributed by atoms with E-state index in [-0.39, 0.29) is 12.0 Å². The van der Waals surface area contributed by atoms with E-state index in [1.54, 1.807) is 9.80 Å². The minimum Gasteiger partial charge on any atom is -0.449 e. The molecule has 0 aliphatic carbocycles. The molecule has 2 amide bonds. The van der Waals surface area contributed by atoms with Gasteiger partial charge in [0, 0.05) is 31.7 Å². The highest BCUT2D eigenvalue weighted by Gasteiger charge is 2.25. The summed E-state index contributed by atoms with van der Waals surface area (Å²) in [5.41, 5.74) is 1.78. The number of piperazine rings is 1. The average molecular weight is 304 g/mol. The first-order chi connectivity index (χ1) is 10.6. The van der Waals surface area contributed by atoms with Crippen molar-refractivity contribution in [3.8, 4) is 0 Å². The van der Waals surface area contributed by atoms with Gasteiger partial charge < -0.3 is 14.5 Å². The van der Waals surface area contributed by atoms with Gasteiger partial charge in [-0.3, -0.25) is 4.79 Å². The summed E-state index contributed by atoms with van der Waals surface area (Å²) < 4.78 is 5.20. The molecule has 1 fully saturated rings. The van der Waals surface area contributed by atoms with E-state index >= 15 is 0 Å². The number of unbranched alkanes of at least 4 members (excludes halogenated alkanes) is 1. The molecule has 0 N–H and O–H groups in total. The quantitative estimate of drug-likeness (QED) is 0.804. The Morgan fingerprint density at radius 1 is 1.14 bits per heavy atom. The lowest BCUT2D eigenvalue weighted by Gasteiger charge is -2.34. The van der Waals surface area contributed by atoms with Gasteiger partial charge in [0.05, 0.1) is 6.61 Å². The third kappa shape index (κ3) is 4.23. The first-order valence-corrected chi connectivity index (χ1v) is 7.89. The van der Waals surface area contributed by atoms with Crippen molar-refractivity contribution in [3.63, 3.8) is 0 Å². The number of ether oxygens (including phenoxy) is 1. The molecule has 5 heteroatoms. The molecule has 1 aliphatic heterocycles. The van der Waals surface area contributed by atoms with E-state index in [9.17, 15) is 9.59 Å². The molecule has 1 heterocycles. The number of benzene rings is 1. The topological polar surface area (TPSA) is 49.9 Å². The van der Waals surface area contributed by atoms with Gasteiger partial charge in [-0.2, -0.15) is 0 Å². The predicted octanol–water partition coefficient (Wildman–Crippen LogP) is 2.69. The largest absolute Gasteiger partial charge is 0.449 e. The second kappa shape index (κ2) is 7.82. The summed E-state index contributed by atoms with van der Waals surface area (Å²) in [5, 5.41) is 0. The molecule has 1 aromatic carbocycles. The van der Waals surface area contributed by atoms with Crippen molar-refractivity contribution < 1.29 is 14.3 Å². The molecule has 0 saturated carbocycles. The summed E-state index contributed by atoms with van der Waals surface area (Å²) in [4.78, 5) is 27.8. The van der Waals surface area contributed by atoms with Crippen molar-refractivity contribution in [2.24, 2.45) is 0 Å². The highest BCUT2D eigenvalue weighted by molar-refractivity contribution is 5.94. The van der Waals surface area contributed by atoms with Gasteiger partial charge in [-0.25, -0.2) is 4.79 Å². The molecule has 1 saturated heterocycles. The van der Waals surface area contributed by atoms with Crippen molar-refractivity contribution in [3.05, 3.63) is 35.4 Å². The fourth-order valence-electron chi connectivity index (χ4n) is 2.45. The summed E-state index contributed by atoms with van der Waals surface area (Å²) in [6.07, 6.45) is 1.62. The predicted molar refractivity (Wildman–Crippen MR) is 84.9 cm³/mol. The van der Waals surface area contributed by atoms with Crippen LogP contribution in [0.5, 0.6) is 0 Å². The number of amides is 2. The van der Waals surface area contributed by atoms with Crippen molar-refractivity contribution in [1.82, 2.24) is 9.80 Å². The summed E-state index contributed by atoms with van der Waals surface area (Å²) >= 11 is 0. The van der Waals surface area contributed by atoms with Crippen LogP contribution in [-0.4, -0.2) is 54.6 Å². The first kappa shape index (κ1) is 16.3. The zero-order valence-corrected chi connectivity index (χ0v) is 13.4. The van der Waals surface area contributed by atoms with Gasteiger partial charge in [-0.15, -0.1) is 0 Å². The Bertz CT molecular complexity index is 522. The fourth-order valence-corrected chi connectivity index (χ4v) is 2.45. The number of carbonyl (C=O) groups is 2. The Balaban J connectivity index is 1.84. The second-order valence-electron chi connectivity index (χ2n) is 5.62. The Hall–Kier alpha value is -2.04. The van der Waals surface area contributed by atoms with Crippen LogP contribution < -0.4 is 0 Å². The van der Waals surface area contributed by atoms with Crippen LogP contribution in [0.25, 0.3) is 0 Å². The SMILES string of the molecule is CCCCOC(=O)N1CCN(C(=O)c2cccc(C)c2)CC1. The lowest BCUT2D eigenvalue weighted by molar-refractivity contribution is 0.0557. The summed E-state index contributed by atoms with van der Waals surface area (Å²) in [6, 6.07) is 7.60. The van der Waals surface area contributed by atoms with E-state index in [1.165, 1.54) is 0 Å². The zero-order valence-electron chi connectivity index (χ0n) is 13.4. The lowest BCUT2D eigenvalue weighted by atomic mass is 10.1. The molecule has 0 unspecified atom stereocenters. The van der Waals surface area contributed by atoms with E-state index in [4.69, 9.17) is 4.74 Å². The number of aryl methyl sites for hydroxylation is 1. The monoisotopic (exact) mass is 304 g/mol. The van der Waals surface area contributed by atoms with Gasteiger partial charge in [0.15, 0.2) is 0 Å². The van der Waals surface area contributed by atoms with E-state index in [0.29, 0.717) is 38.3 Å². The maximum Gasteiger partial charge on any atom is 0.409 e. The second-order valence-corrected chi connectivity index (χ2v) is 5.62. The summed E-state index contributed by atoms with van der Waals surface area (Å²) in [7, 11) is 0. The molecular weight excluding hydrogens is 280 g/mol. The van der Waals surface area contributed by atoms with Gasteiger partial charge >= 0.3 is 6.09 Å².